The van der Waals surface area contributed by atoms with Crippen LogP contribution < -0.4 is 0 Å². The second kappa shape index (κ2) is 13.3. The molecule has 160 valence electrons. The third-order valence-corrected chi connectivity index (χ3v) is 8.68. The lowest BCUT2D eigenvalue weighted by atomic mass is 9.62. The van der Waals surface area contributed by atoms with Crippen molar-refractivity contribution in [2.45, 2.75) is 149 Å². The fourth-order valence-electron chi connectivity index (χ4n) is 6.42. The number of rotatable bonds is 13. The smallest absolute Gasteiger partial charge is 0.0300 e. The van der Waals surface area contributed by atoms with Crippen molar-refractivity contribution in [2.75, 3.05) is 0 Å². The summed E-state index contributed by atoms with van der Waals surface area (Å²) in [5.41, 5.74) is 0.735. The lowest BCUT2D eigenvalue weighted by Gasteiger charge is -2.44. The Hall–Kier alpha value is 0. The third kappa shape index (κ3) is 8.10. The molecule has 0 N–H and O–H groups in total. The van der Waals surface area contributed by atoms with E-state index in [4.69, 9.17) is 0 Å². The first-order chi connectivity index (χ1) is 13.2. The molecule has 0 saturated heterocycles. The van der Waals surface area contributed by atoms with Gasteiger partial charge in [-0.15, -0.1) is 0 Å². The first-order valence-corrected chi connectivity index (χ1v) is 13.2. The number of unbranched alkanes of at least 4 members (excludes halogenated alkanes) is 7. The summed E-state index contributed by atoms with van der Waals surface area (Å²) in [6.45, 7) is 7.14. The van der Waals surface area contributed by atoms with E-state index in [1.807, 2.05) is 0 Å². The highest BCUT2D eigenvalue weighted by Gasteiger charge is 2.36. The maximum absolute atomic E-state index is 2.48. The summed E-state index contributed by atoms with van der Waals surface area (Å²) in [5, 5.41) is 0. The minimum absolute atomic E-state index is 0.735. The van der Waals surface area contributed by atoms with Crippen molar-refractivity contribution in [3.05, 3.63) is 0 Å². The molecule has 2 aliphatic carbocycles. The zero-order valence-corrected chi connectivity index (χ0v) is 19.4. The molecule has 0 aromatic carbocycles. The zero-order chi connectivity index (χ0) is 19.4. The fraction of sp³-hybridized carbons (Fsp3) is 1.00. The third-order valence-electron chi connectivity index (χ3n) is 8.68. The molecule has 0 radical (unpaired) electrons. The van der Waals surface area contributed by atoms with Gasteiger partial charge in [0.1, 0.15) is 0 Å². The van der Waals surface area contributed by atoms with Gasteiger partial charge >= 0.3 is 0 Å². The summed E-state index contributed by atoms with van der Waals surface area (Å²) in [6, 6.07) is 0. The fourth-order valence-corrected chi connectivity index (χ4v) is 6.42. The maximum atomic E-state index is 2.48. The van der Waals surface area contributed by atoms with Crippen molar-refractivity contribution >= 4 is 0 Å². The first kappa shape index (κ1) is 23.3. The van der Waals surface area contributed by atoms with E-state index in [-0.39, 0.29) is 0 Å². The Labute approximate surface area is 172 Å². The molecule has 0 unspecified atom stereocenters. The molecular formula is C27H52. The van der Waals surface area contributed by atoms with Crippen molar-refractivity contribution in [3.63, 3.8) is 0 Å². The molecule has 0 bridgehead atoms. The van der Waals surface area contributed by atoms with Crippen LogP contribution in [0, 0.1) is 23.2 Å². The quantitative estimate of drug-likeness (QED) is 0.280. The van der Waals surface area contributed by atoms with E-state index in [2.05, 4.69) is 20.8 Å². The minimum atomic E-state index is 0.735. The van der Waals surface area contributed by atoms with Gasteiger partial charge in [0.15, 0.2) is 0 Å². The van der Waals surface area contributed by atoms with E-state index >= 15 is 0 Å². The van der Waals surface area contributed by atoms with Crippen LogP contribution in [-0.2, 0) is 0 Å². The van der Waals surface area contributed by atoms with E-state index in [0.717, 1.165) is 23.2 Å². The molecular weight excluding hydrogens is 324 g/mol. The van der Waals surface area contributed by atoms with Crippen LogP contribution in [0.1, 0.15) is 149 Å². The SMILES string of the molecule is CCCCCCC[C@]1(CC)CC[C@@H](C2CCC(CCCCCC)CC2)CC1. The Balaban J connectivity index is 1.63. The average molecular weight is 377 g/mol. The highest BCUT2D eigenvalue weighted by Crippen LogP contribution is 2.49. The van der Waals surface area contributed by atoms with Gasteiger partial charge < -0.3 is 0 Å². The molecule has 2 fully saturated rings. The second-order valence-corrected chi connectivity index (χ2v) is 10.5. The van der Waals surface area contributed by atoms with Gasteiger partial charge in [0.25, 0.3) is 0 Å². The van der Waals surface area contributed by atoms with Crippen molar-refractivity contribution in [2.24, 2.45) is 23.2 Å². The molecule has 0 amide bonds. The molecule has 2 saturated carbocycles. The zero-order valence-electron chi connectivity index (χ0n) is 19.4. The molecule has 27 heavy (non-hydrogen) atoms. The van der Waals surface area contributed by atoms with Gasteiger partial charge in [-0.25, -0.2) is 0 Å². The van der Waals surface area contributed by atoms with Crippen molar-refractivity contribution in [3.8, 4) is 0 Å². The standard InChI is InChI=1S/C27H52/c1-4-7-9-11-13-21-27(6-3)22-19-26(20-23-27)25-17-15-24(16-18-25)14-12-10-8-5-2/h24-26H,4-23H2,1-3H3/t24?,25?,26-,27-. The predicted molar refractivity (Wildman–Crippen MR) is 122 cm³/mol. The van der Waals surface area contributed by atoms with Crippen LogP contribution >= 0.6 is 0 Å². The average Bonchev–Trinajstić information content (AvgIpc) is 2.72. The van der Waals surface area contributed by atoms with Gasteiger partial charge in [0, 0.05) is 0 Å². The van der Waals surface area contributed by atoms with E-state index in [0.29, 0.717) is 0 Å². The first-order valence-electron chi connectivity index (χ1n) is 13.2. The minimum Gasteiger partial charge on any atom is -0.0654 e. The van der Waals surface area contributed by atoms with Crippen LogP contribution in [0.2, 0.25) is 0 Å². The molecule has 0 nitrogen and oxygen atoms in total. The molecule has 2 aliphatic rings. The summed E-state index contributed by atoms with van der Waals surface area (Å²) >= 11 is 0. The Morgan fingerprint density at radius 3 is 1.74 bits per heavy atom. The molecule has 0 atom stereocenters. The van der Waals surface area contributed by atoms with Gasteiger partial charge in [-0.3, -0.25) is 0 Å². The molecule has 0 spiro atoms. The molecule has 0 heterocycles. The summed E-state index contributed by atoms with van der Waals surface area (Å²) in [5.74, 6) is 3.27. The van der Waals surface area contributed by atoms with Crippen molar-refractivity contribution < 1.29 is 0 Å². The van der Waals surface area contributed by atoms with Gasteiger partial charge in [-0.05, 0) is 68.1 Å². The van der Waals surface area contributed by atoms with E-state index < -0.39 is 0 Å². The number of hydrogen-bond donors (Lipinski definition) is 0. The van der Waals surface area contributed by atoms with E-state index in [9.17, 15) is 0 Å². The predicted octanol–water partition coefficient (Wildman–Crippen LogP) is 9.71. The molecule has 0 heteroatoms. The van der Waals surface area contributed by atoms with Crippen molar-refractivity contribution in [1.82, 2.24) is 0 Å². The molecule has 0 aromatic rings. The summed E-state index contributed by atoms with van der Waals surface area (Å²) < 4.78 is 0. The monoisotopic (exact) mass is 376 g/mol. The van der Waals surface area contributed by atoms with Gasteiger partial charge in [0.2, 0.25) is 0 Å². The van der Waals surface area contributed by atoms with Crippen LogP contribution in [0.3, 0.4) is 0 Å². The van der Waals surface area contributed by atoms with Crippen LogP contribution in [0.4, 0.5) is 0 Å². The molecule has 0 aliphatic heterocycles. The number of hydrogen-bond acceptors (Lipinski definition) is 0. The molecule has 2 rings (SSSR count). The molecule has 0 aromatic heterocycles. The lowest BCUT2D eigenvalue weighted by Crippen LogP contribution is -2.31. The van der Waals surface area contributed by atoms with Crippen molar-refractivity contribution in [1.29, 1.82) is 0 Å². The summed E-state index contributed by atoms with van der Waals surface area (Å²) in [7, 11) is 0. The van der Waals surface area contributed by atoms with Crippen LogP contribution in [0.15, 0.2) is 0 Å². The van der Waals surface area contributed by atoms with Gasteiger partial charge in [-0.2, -0.15) is 0 Å². The van der Waals surface area contributed by atoms with Crippen LogP contribution in [0.25, 0.3) is 0 Å². The van der Waals surface area contributed by atoms with E-state index in [1.165, 1.54) is 77.0 Å². The normalized spacial score (nSPS) is 31.9. The highest BCUT2D eigenvalue weighted by molar-refractivity contribution is 4.88. The Bertz CT molecular complexity index is 341. The van der Waals surface area contributed by atoms with E-state index in [1.54, 1.807) is 51.4 Å². The largest absolute Gasteiger partial charge is 0.0654 e. The van der Waals surface area contributed by atoms with Gasteiger partial charge in [-0.1, -0.05) is 104 Å². The topological polar surface area (TPSA) is 0 Å². The van der Waals surface area contributed by atoms with Crippen LogP contribution in [-0.4, -0.2) is 0 Å². The van der Waals surface area contributed by atoms with Crippen LogP contribution in [0.5, 0.6) is 0 Å². The van der Waals surface area contributed by atoms with Gasteiger partial charge in [0.05, 0.1) is 0 Å². The second-order valence-electron chi connectivity index (χ2n) is 10.5. The maximum Gasteiger partial charge on any atom is -0.0300 e. The summed E-state index contributed by atoms with van der Waals surface area (Å²) in [6.07, 6.45) is 30.1. The highest BCUT2D eigenvalue weighted by atomic mass is 14.4. The lowest BCUT2D eigenvalue weighted by molar-refractivity contribution is 0.0797. The Morgan fingerprint density at radius 2 is 1.15 bits per heavy atom. The summed E-state index contributed by atoms with van der Waals surface area (Å²) in [4.78, 5) is 0. The Morgan fingerprint density at radius 1 is 0.593 bits per heavy atom. The Kier molecular flexibility index (Phi) is 11.4.